The van der Waals surface area contributed by atoms with Gasteiger partial charge in [-0.15, -0.1) is 4.39 Å². The van der Waals surface area contributed by atoms with Gasteiger partial charge in [-0.2, -0.15) is 0 Å². The van der Waals surface area contributed by atoms with Crippen LogP contribution in [0.25, 0.3) is 11.1 Å². The molecule has 0 fully saturated rings. The predicted octanol–water partition coefficient (Wildman–Crippen LogP) is 2.30. The van der Waals surface area contributed by atoms with E-state index in [2.05, 4.69) is 24.3 Å². The molecule has 0 heterocycles. The van der Waals surface area contributed by atoms with Crippen molar-refractivity contribution in [1.29, 1.82) is 0 Å². The number of benzene rings is 1. The molecule has 0 saturated heterocycles. The van der Waals surface area contributed by atoms with E-state index in [0.717, 1.165) is 0 Å². The molecule has 2 aliphatic carbocycles. The van der Waals surface area contributed by atoms with Gasteiger partial charge in [0.2, 0.25) is 0 Å². The summed E-state index contributed by atoms with van der Waals surface area (Å²) in [7, 11) is 0. The number of hydrogen-bond acceptors (Lipinski definition) is 1. The van der Waals surface area contributed by atoms with Crippen LogP contribution in [-0.4, -0.2) is 11.3 Å². The van der Waals surface area contributed by atoms with Crippen LogP contribution in [-0.2, 0) is 0 Å². The van der Waals surface area contributed by atoms with E-state index in [4.69, 9.17) is 9.90 Å². The van der Waals surface area contributed by atoms with Crippen molar-refractivity contribution in [1.82, 2.24) is 0 Å². The largest absolute Gasteiger partial charge is 0.492 e. The topological polar surface area (TPSA) is 37.3 Å². The van der Waals surface area contributed by atoms with Gasteiger partial charge in [0.25, 0.3) is 0 Å². The number of rotatable bonds is 0. The zero-order valence-corrected chi connectivity index (χ0v) is 5.04. The molecule has 2 aliphatic rings. The number of carbonyl (C=O) groups is 1. The molecule has 0 radical (unpaired) electrons. The summed E-state index contributed by atoms with van der Waals surface area (Å²) in [4.78, 5) is 8.33. The van der Waals surface area contributed by atoms with Crippen LogP contribution in [0.4, 0.5) is 9.18 Å². The Morgan fingerprint density at radius 3 is 1.90 bits per heavy atom. The van der Waals surface area contributed by atoms with Crippen molar-refractivity contribution in [2.75, 3.05) is 0 Å². The molecule has 0 amide bonds. The van der Waals surface area contributed by atoms with Crippen molar-refractivity contribution in [3.63, 3.8) is 0 Å². The Morgan fingerprint density at radius 2 is 1.80 bits per heavy atom. The molecule has 0 spiro atoms. The standard InChI is InChI=1S/C6H4.CHFO2/c1-2-5-4-6(5)3-1;2-1(3)4/h1-4H;(H,3,4). The highest BCUT2D eigenvalue weighted by atomic mass is 19.1. The van der Waals surface area contributed by atoms with Gasteiger partial charge in [0.1, 0.15) is 0 Å². The lowest BCUT2D eigenvalue weighted by molar-refractivity contribution is 0.169. The molecular formula is C7H5FO2. The predicted molar refractivity (Wildman–Crippen MR) is 34.6 cm³/mol. The van der Waals surface area contributed by atoms with E-state index in [1.807, 2.05) is 0 Å². The minimum absolute atomic E-state index is 1.43. The summed E-state index contributed by atoms with van der Waals surface area (Å²) in [5.74, 6) is 0. The molecule has 2 nitrogen and oxygen atoms in total. The van der Waals surface area contributed by atoms with E-state index in [9.17, 15) is 4.39 Å². The Labute approximate surface area is 56.9 Å². The Morgan fingerprint density at radius 1 is 1.40 bits per heavy atom. The molecule has 0 saturated carbocycles. The van der Waals surface area contributed by atoms with Crippen LogP contribution in [0.1, 0.15) is 0 Å². The zero-order chi connectivity index (χ0) is 7.56. The van der Waals surface area contributed by atoms with E-state index < -0.39 is 6.22 Å². The normalized spacial score (nSPS) is 9.30. The fourth-order valence-electron chi connectivity index (χ4n) is 0.676. The highest BCUT2D eigenvalue weighted by Crippen LogP contribution is 2.32. The second-order valence-electron chi connectivity index (χ2n) is 1.83. The first-order chi connectivity index (χ1) is 4.70. The van der Waals surface area contributed by atoms with Crippen LogP contribution < -0.4 is 0 Å². The Bertz CT molecular complexity index is 236. The van der Waals surface area contributed by atoms with Crippen molar-refractivity contribution < 1.29 is 14.3 Å². The molecule has 0 unspecified atom stereocenters. The highest BCUT2D eigenvalue weighted by molar-refractivity contribution is 5.80. The van der Waals surface area contributed by atoms with Gasteiger partial charge in [-0.25, -0.2) is 4.79 Å². The smallest absolute Gasteiger partial charge is 0.456 e. The lowest BCUT2D eigenvalue weighted by Gasteiger charge is -1.53. The SMILES string of the molecule is O=C(O)F.c1cc2cc-2c1. The molecule has 10 heavy (non-hydrogen) atoms. The second-order valence-corrected chi connectivity index (χ2v) is 1.83. The van der Waals surface area contributed by atoms with Crippen LogP contribution in [0.3, 0.4) is 0 Å². The lowest BCUT2D eigenvalue weighted by Crippen LogP contribution is -1.69. The van der Waals surface area contributed by atoms with Gasteiger partial charge in [-0.3, -0.25) is 0 Å². The van der Waals surface area contributed by atoms with Crippen LogP contribution in [0.2, 0.25) is 0 Å². The molecule has 52 valence electrons. The first kappa shape index (κ1) is 6.74. The van der Waals surface area contributed by atoms with E-state index in [1.165, 1.54) is 11.1 Å². The third kappa shape index (κ3) is 1.85. The first-order valence-electron chi connectivity index (χ1n) is 2.69. The molecular weight excluding hydrogens is 135 g/mol. The van der Waals surface area contributed by atoms with E-state index in [1.54, 1.807) is 0 Å². The molecule has 0 atom stereocenters. The molecule has 2 rings (SSSR count). The maximum absolute atomic E-state index is 9.92. The first-order valence-corrected chi connectivity index (χ1v) is 2.69. The van der Waals surface area contributed by atoms with Crippen molar-refractivity contribution in [2.45, 2.75) is 0 Å². The van der Waals surface area contributed by atoms with Crippen LogP contribution >= 0.6 is 0 Å². The molecule has 0 aliphatic heterocycles. The maximum atomic E-state index is 9.92. The third-order valence-electron chi connectivity index (χ3n) is 1.11. The summed E-state index contributed by atoms with van der Waals surface area (Å²) < 4.78 is 9.92. The highest BCUT2D eigenvalue weighted by Gasteiger charge is 2.06. The fourth-order valence-corrected chi connectivity index (χ4v) is 0.676. The Kier molecular flexibility index (Phi) is 1.67. The summed E-state index contributed by atoms with van der Waals surface area (Å²) in [6, 6.07) is 8.48. The number of hydrogen-bond donors (Lipinski definition) is 1. The van der Waals surface area contributed by atoms with Crippen LogP contribution in [0.5, 0.6) is 0 Å². The van der Waals surface area contributed by atoms with Crippen molar-refractivity contribution in [2.24, 2.45) is 0 Å². The van der Waals surface area contributed by atoms with Gasteiger partial charge in [0.05, 0.1) is 0 Å². The number of halogens is 1. The van der Waals surface area contributed by atoms with Gasteiger partial charge < -0.3 is 5.11 Å². The Balaban J connectivity index is 0.000000112. The number of carboxylic acid groups (broad SMARTS) is 1. The van der Waals surface area contributed by atoms with E-state index in [0.29, 0.717) is 0 Å². The molecule has 0 aromatic rings. The summed E-state index contributed by atoms with van der Waals surface area (Å²) in [5, 5.41) is 6.75. The average molecular weight is 140 g/mol. The lowest BCUT2D eigenvalue weighted by atomic mass is 10.6. The minimum Gasteiger partial charge on any atom is -0.456 e. The summed E-state index contributed by atoms with van der Waals surface area (Å²) in [6.07, 6.45) is -2.33. The van der Waals surface area contributed by atoms with Gasteiger partial charge >= 0.3 is 6.22 Å². The van der Waals surface area contributed by atoms with Gasteiger partial charge in [-0.1, -0.05) is 18.2 Å². The monoisotopic (exact) mass is 140 g/mol. The molecule has 0 aromatic heterocycles. The Hall–Kier alpha value is -1.38. The van der Waals surface area contributed by atoms with Crippen molar-refractivity contribution in [3.8, 4) is 11.1 Å². The van der Waals surface area contributed by atoms with Gasteiger partial charge in [0, 0.05) is 0 Å². The van der Waals surface area contributed by atoms with Gasteiger partial charge in [0.15, 0.2) is 0 Å². The van der Waals surface area contributed by atoms with Crippen molar-refractivity contribution >= 4 is 6.22 Å². The quantitative estimate of drug-likeness (QED) is 0.570. The molecule has 1 N–H and O–H groups in total. The summed E-state index contributed by atoms with van der Waals surface area (Å²) >= 11 is 0. The van der Waals surface area contributed by atoms with Crippen molar-refractivity contribution in [3.05, 3.63) is 24.3 Å². The zero-order valence-electron chi connectivity index (χ0n) is 5.04. The van der Waals surface area contributed by atoms with E-state index >= 15 is 0 Å². The van der Waals surface area contributed by atoms with Crippen LogP contribution in [0.15, 0.2) is 24.3 Å². The number of fused-ring (bicyclic) bond motifs is 1. The average Bonchev–Trinajstić information content (AvgIpc) is 2.40. The molecule has 3 heteroatoms. The second kappa shape index (κ2) is 2.47. The van der Waals surface area contributed by atoms with Crippen LogP contribution in [0, 0.1) is 0 Å². The summed E-state index contributed by atoms with van der Waals surface area (Å²) in [6.45, 7) is 0. The van der Waals surface area contributed by atoms with Gasteiger partial charge in [-0.05, 0) is 17.2 Å². The van der Waals surface area contributed by atoms with E-state index in [-0.39, 0.29) is 0 Å². The summed E-state index contributed by atoms with van der Waals surface area (Å²) in [5.41, 5.74) is 2.85. The molecule has 0 aromatic carbocycles. The maximum Gasteiger partial charge on any atom is 0.492 e. The fraction of sp³-hybridized carbons (Fsp3) is 0. The molecule has 0 bridgehead atoms. The minimum atomic E-state index is -2.33. The third-order valence-corrected chi connectivity index (χ3v) is 1.11.